The van der Waals surface area contributed by atoms with Crippen LogP contribution in [0.1, 0.15) is 13.8 Å². The van der Waals surface area contributed by atoms with Crippen LogP contribution in [-0.2, 0) is 20.3 Å². The van der Waals surface area contributed by atoms with Gasteiger partial charge in [-0.05, 0) is 17.5 Å². The second-order valence-corrected chi connectivity index (χ2v) is 6.50. The summed E-state index contributed by atoms with van der Waals surface area (Å²) in [5, 5.41) is 0.182. The minimum atomic E-state index is -0.397. The van der Waals surface area contributed by atoms with Gasteiger partial charge in [0.15, 0.2) is 23.6 Å². The minimum Gasteiger partial charge on any atom is -0.276 e. The zero-order chi connectivity index (χ0) is 17.4. The van der Waals surface area contributed by atoms with Crippen LogP contribution in [0.4, 0.5) is 0 Å². The first-order chi connectivity index (χ1) is 11.4. The molecule has 0 bridgehead atoms. The van der Waals surface area contributed by atoms with Crippen molar-refractivity contribution in [1.82, 2.24) is 18.7 Å². The van der Waals surface area contributed by atoms with E-state index in [1.807, 2.05) is 49.0 Å². The summed E-state index contributed by atoms with van der Waals surface area (Å²) in [4.78, 5) is 29.4. The molecule has 0 saturated heterocycles. The predicted octanol–water partition coefficient (Wildman–Crippen LogP) is 0.999. The van der Waals surface area contributed by atoms with Crippen molar-refractivity contribution < 1.29 is 4.57 Å². The normalized spacial score (nSPS) is 11.5. The first kappa shape index (κ1) is 16.4. The van der Waals surface area contributed by atoms with Crippen molar-refractivity contribution in [3.63, 3.8) is 0 Å². The monoisotopic (exact) mass is 348 g/mol. The average Bonchev–Trinajstić information content (AvgIpc) is 2.87. The van der Waals surface area contributed by atoms with Crippen molar-refractivity contribution >= 4 is 22.8 Å². The molecule has 3 rings (SSSR count). The van der Waals surface area contributed by atoms with Crippen LogP contribution in [0.5, 0.6) is 0 Å². The van der Waals surface area contributed by atoms with Crippen LogP contribution in [0, 0.1) is 5.92 Å². The largest absolute Gasteiger partial charge is 0.332 e. The van der Waals surface area contributed by atoms with Crippen molar-refractivity contribution in [1.29, 1.82) is 0 Å². The number of hydrogen-bond acceptors (Lipinski definition) is 3. The van der Waals surface area contributed by atoms with Gasteiger partial charge in [0.2, 0.25) is 12.0 Å². The maximum atomic E-state index is 12.6. The standard InChI is InChI=1S/C16H19ClN5O2/c1-11(2)9-21-13-12(14(23)19(3)16(21)24)22(15(17)18-13)10-20-7-5-4-6-8-20/h4-8,11H,9-10H2,1-3H3/q+1. The summed E-state index contributed by atoms with van der Waals surface area (Å²) in [5.74, 6) is 0.232. The van der Waals surface area contributed by atoms with Crippen LogP contribution in [0.3, 0.4) is 0 Å². The Kier molecular flexibility index (Phi) is 4.28. The first-order valence-corrected chi connectivity index (χ1v) is 8.07. The molecular formula is C16H19ClN5O2+. The molecule has 24 heavy (non-hydrogen) atoms. The van der Waals surface area contributed by atoms with Gasteiger partial charge in [0.05, 0.1) is 0 Å². The molecule has 0 N–H and O–H groups in total. The maximum Gasteiger partial charge on any atom is 0.332 e. The van der Waals surface area contributed by atoms with Gasteiger partial charge in [0.25, 0.3) is 5.56 Å². The first-order valence-electron chi connectivity index (χ1n) is 7.69. The van der Waals surface area contributed by atoms with E-state index in [9.17, 15) is 9.59 Å². The summed E-state index contributed by atoms with van der Waals surface area (Å²) in [6.45, 7) is 4.81. The molecule has 0 aliphatic rings. The van der Waals surface area contributed by atoms with Gasteiger partial charge in [0, 0.05) is 25.7 Å². The lowest BCUT2D eigenvalue weighted by Gasteiger charge is -2.11. The van der Waals surface area contributed by atoms with Gasteiger partial charge in [-0.3, -0.25) is 18.5 Å². The van der Waals surface area contributed by atoms with E-state index in [1.165, 1.54) is 11.6 Å². The Morgan fingerprint density at radius 2 is 1.83 bits per heavy atom. The van der Waals surface area contributed by atoms with E-state index in [0.29, 0.717) is 24.4 Å². The van der Waals surface area contributed by atoms with Gasteiger partial charge < -0.3 is 0 Å². The lowest BCUT2D eigenvalue weighted by molar-refractivity contribution is -0.701. The highest BCUT2D eigenvalue weighted by atomic mass is 35.5. The SMILES string of the molecule is CC(C)Cn1c(=O)n(C)c(=O)c2c1nc(Cl)n2C[n+]1ccccc1. The third-order valence-corrected chi connectivity index (χ3v) is 4.10. The molecule has 0 amide bonds. The summed E-state index contributed by atoms with van der Waals surface area (Å²) in [6.07, 6.45) is 3.74. The van der Waals surface area contributed by atoms with Crippen molar-refractivity contribution in [3.8, 4) is 0 Å². The molecule has 7 nitrogen and oxygen atoms in total. The predicted molar refractivity (Wildman–Crippen MR) is 91.1 cm³/mol. The molecule has 0 unspecified atom stereocenters. The van der Waals surface area contributed by atoms with Gasteiger partial charge in [-0.1, -0.05) is 19.9 Å². The number of fused-ring (bicyclic) bond motifs is 1. The van der Waals surface area contributed by atoms with Gasteiger partial charge in [-0.15, -0.1) is 0 Å². The summed E-state index contributed by atoms with van der Waals surface area (Å²) >= 11 is 6.28. The van der Waals surface area contributed by atoms with Gasteiger partial charge in [0.1, 0.15) is 0 Å². The van der Waals surface area contributed by atoms with Crippen molar-refractivity contribution in [2.24, 2.45) is 13.0 Å². The molecule has 3 aromatic rings. The van der Waals surface area contributed by atoms with Gasteiger partial charge in [-0.2, -0.15) is 9.55 Å². The van der Waals surface area contributed by atoms with Crippen LogP contribution in [0.2, 0.25) is 5.28 Å². The van der Waals surface area contributed by atoms with E-state index in [1.54, 1.807) is 4.57 Å². The van der Waals surface area contributed by atoms with Crippen LogP contribution in [-0.4, -0.2) is 18.7 Å². The summed E-state index contributed by atoms with van der Waals surface area (Å²) in [5.41, 5.74) is -0.113. The quantitative estimate of drug-likeness (QED) is 0.522. The van der Waals surface area contributed by atoms with Gasteiger partial charge >= 0.3 is 5.69 Å². The highest BCUT2D eigenvalue weighted by Gasteiger charge is 2.21. The highest BCUT2D eigenvalue weighted by Crippen LogP contribution is 2.16. The molecule has 0 radical (unpaired) electrons. The third-order valence-electron chi connectivity index (χ3n) is 3.81. The number of rotatable bonds is 4. The van der Waals surface area contributed by atoms with Crippen LogP contribution >= 0.6 is 11.6 Å². The number of hydrogen-bond donors (Lipinski definition) is 0. The fourth-order valence-electron chi connectivity index (χ4n) is 2.68. The summed E-state index contributed by atoms with van der Waals surface area (Å²) in [6, 6.07) is 5.68. The Morgan fingerprint density at radius 3 is 2.46 bits per heavy atom. The molecule has 3 heterocycles. The van der Waals surface area contributed by atoms with Crippen molar-refractivity contribution in [2.75, 3.05) is 0 Å². The van der Waals surface area contributed by atoms with Crippen LogP contribution in [0.15, 0.2) is 40.2 Å². The van der Waals surface area contributed by atoms with E-state index in [-0.39, 0.29) is 16.9 Å². The molecule has 126 valence electrons. The molecule has 0 aliphatic heterocycles. The molecule has 0 spiro atoms. The summed E-state index contributed by atoms with van der Waals surface area (Å²) < 4.78 is 6.12. The Bertz CT molecular complexity index is 1000. The molecule has 0 fully saturated rings. The second-order valence-electron chi connectivity index (χ2n) is 6.16. The molecule has 0 aliphatic carbocycles. The number of halogens is 1. The maximum absolute atomic E-state index is 12.6. The van der Waals surface area contributed by atoms with Crippen LogP contribution in [0.25, 0.3) is 11.2 Å². The number of pyridine rings is 1. The molecule has 3 aromatic heterocycles. The van der Waals surface area contributed by atoms with Crippen LogP contribution < -0.4 is 15.8 Å². The Labute approximate surface area is 143 Å². The van der Waals surface area contributed by atoms with E-state index in [4.69, 9.17) is 11.6 Å². The fourth-order valence-corrected chi connectivity index (χ4v) is 2.90. The fraction of sp³-hybridized carbons (Fsp3) is 0.375. The molecule has 0 saturated carbocycles. The Morgan fingerprint density at radius 1 is 1.17 bits per heavy atom. The average molecular weight is 349 g/mol. The smallest absolute Gasteiger partial charge is 0.276 e. The summed E-state index contributed by atoms with van der Waals surface area (Å²) in [7, 11) is 1.47. The number of imidazole rings is 1. The van der Waals surface area contributed by atoms with E-state index in [0.717, 1.165) is 4.57 Å². The van der Waals surface area contributed by atoms with E-state index in [2.05, 4.69) is 4.98 Å². The zero-order valence-corrected chi connectivity index (χ0v) is 14.6. The Hall–Kier alpha value is -2.41. The zero-order valence-electron chi connectivity index (χ0n) is 13.8. The van der Waals surface area contributed by atoms with Crippen molar-refractivity contribution in [2.45, 2.75) is 27.1 Å². The number of nitrogens with zero attached hydrogens (tertiary/aromatic N) is 5. The highest BCUT2D eigenvalue weighted by molar-refractivity contribution is 6.29. The van der Waals surface area contributed by atoms with E-state index < -0.39 is 5.56 Å². The molecule has 0 atom stereocenters. The third kappa shape index (κ3) is 2.75. The molecule has 0 aromatic carbocycles. The topological polar surface area (TPSA) is 65.7 Å². The van der Waals surface area contributed by atoms with Gasteiger partial charge in [-0.25, -0.2) is 4.79 Å². The lowest BCUT2D eigenvalue weighted by atomic mass is 10.2. The van der Waals surface area contributed by atoms with Crippen molar-refractivity contribution in [3.05, 3.63) is 56.7 Å². The van der Waals surface area contributed by atoms with E-state index >= 15 is 0 Å². The number of aromatic nitrogens is 5. The second kappa shape index (κ2) is 6.24. The molecule has 8 heteroatoms. The Balaban J connectivity index is 2.29. The lowest BCUT2D eigenvalue weighted by Crippen LogP contribution is -2.41. The minimum absolute atomic E-state index is 0.182. The molecular weight excluding hydrogens is 330 g/mol.